The third-order valence-corrected chi connectivity index (χ3v) is 7.72. The summed E-state index contributed by atoms with van der Waals surface area (Å²) in [6.45, 7) is 3.86. The summed E-state index contributed by atoms with van der Waals surface area (Å²) in [5.74, 6) is -0.904. The minimum absolute atomic E-state index is 0.0520. The van der Waals surface area contributed by atoms with Crippen LogP contribution in [0.5, 0.6) is 0 Å². The molecule has 6 nitrogen and oxygen atoms in total. The van der Waals surface area contributed by atoms with Gasteiger partial charge in [-0.15, -0.1) is 11.3 Å². The Morgan fingerprint density at radius 1 is 0.972 bits per heavy atom. The number of ether oxygens (including phenoxy) is 3. The van der Waals surface area contributed by atoms with E-state index in [0.29, 0.717) is 22.2 Å². The van der Waals surface area contributed by atoms with Crippen molar-refractivity contribution >= 4 is 45.6 Å². The number of esters is 2. The SMILES string of the molecule is Cc1ccc(C(=O)OC[C@H]2O[C@@H](n3ccc4ccsc4c3=S)C[C@@H]2OC(=O)c2ccc(C)cc2)cc1. The fraction of sp³-hybridized carbons (Fsp3) is 0.250. The van der Waals surface area contributed by atoms with Crippen LogP contribution in [0.3, 0.4) is 0 Å². The maximum atomic E-state index is 12.9. The van der Waals surface area contributed by atoms with Gasteiger partial charge in [0.15, 0.2) is 0 Å². The minimum Gasteiger partial charge on any atom is -0.459 e. The molecular weight excluding hydrogens is 494 g/mol. The molecule has 3 atom stereocenters. The molecule has 0 saturated carbocycles. The van der Waals surface area contributed by atoms with Gasteiger partial charge in [-0.05, 0) is 61.0 Å². The molecule has 3 heterocycles. The summed E-state index contributed by atoms with van der Waals surface area (Å²) in [5.41, 5.74) is 3.01. The molecule has 1 aliphatic rings. The zero-order valence-corrected chi connectivity index (χ0v) is 21.5. The maximum Gasteiger partial charge on any atom is 0.338 e. The van der Waals surface area contributed by atoms with Crippen molar-refractivity contribution in [1.82, 2.24) is 4.57 Å². The summed E-state index contributed by atoms with van der Waals surface area (Å²) in [4.78, 5) is 25.5. The molecule has 1 aliphatic heterocycles. The van der Waals surface area contributed by atoms with Crippen LogP contribution in [0.2, 0.25) is 0 Å². The fourth-order valence-electron chi connectivity index (χ4n) is 4.17. The quantitative estimate of drug-likeness (QED) is 0.216. The first-order chi connectivity index (χ1) is 17.4. The van der Waals surface area contributed by atoms with Crippen molar-refractivity contribution in [2.45, 2.75) is 38.7 Å². The van der Waals surface area contributed by atoms with E-state index in [0.717, 1.165) is 21.2 Å². The Hall–Kier alpha value is -3.33. The number of fused-ring (bicyclic) bond motifs is 1. The van der Waals surface area contributed by atoms with Crippen molar-refractivity contribution in [2.75, 3.05) is 6.61 Å². The normalized spacial score (nSPS) is 19.3. The number of aryl methyl sites for hydroxylation is 2. The number of carbonyl (C=O) groups is 2. The number of benzene rings is 2. The van der Waals surface area contributed by atoms with Crippen LogP contribution in [-0.4, -0.2) is 35.3 Å². The Kier molecular flexibility index (Phi) is 7.00. The molecule has 0 bridgehead atoms. The molecule has 4 aromatic rings. The van der Waals surface area contributed by atoms with Crippen LogP contribution >= 0.6 is 23.6 Å². The molecule has 0 amide bonds. The summed E-state index contributed by atoms with van der Waals surface area (Å²) in [6, 6.07) is 18.4. The molecule has 0 radical (unpaired) electrons. The number of hydrogen-bond acceptors (Lipinski definition) is 7. The maximum absolute atomic E-state index is 12.9. The summed E-state index contributed by atoms with van der Waals surface area (Å²) < 4.78 is 21.2. The first kappa shape index (κ1) is 24.4. The molecule has 0 aliphatic carbocycles. The average molecular weight is 520 g/mol. The summed E-state index contributed by atoms with van der Waals surface area (Å²) in [6.07, 6.45) is 0.565. The van der Waals surface area contributed by atoms with E-state index in [2.05, 4.69) is 0 Å². The van der Waals surface area contributed by atoms with Crippen LogP contribution in [0.4, 0.5) is 0 Å². The Morgan fingerprint density at radius 3 is 2.28 bits per heavy atom. The van der Waals surface area contributed by atoms with Crippen molar-refractivity contribution in [3.63, 3.8) is 0 Å². The summed E-state index contributed by atoms with van der Waals surface area (Å²) in [7, 11) is 0. The van der Waals surface area contributed by atoms with Crippen molar-refractivity contribution in [3.05, 3.63) is 99.1 Å². The van der Waals surface area contributed by atoms with E-state index in [9.17, 15) is 9.59 Å². The lowest BCUT2D eigenvalue weighted by Gasteiger charge is -2.19. The lowest BCUT2D eigenvalue weighted by atomic mass is 10.1. The predicted molar refractivity (Wildman–Crippen MR) is 141 cm³/mol. The molecule has 1 saturated heterocycles. The van der Waals surface area contributed by atoms with Crippen molar-refractivity contribution in [3.8, 4) is 0 Å². The second-order valence-electron chi connectivity index (χ2n) is 8.87. The van der Waals surface area contributed by atoms with Gasteiger partial charge in [0, 0.05) is 12.6 Å². The van der Waals surface area contributed by atoms with Crippen molar-refractivity contribution in [1.29, 1.82) is 0 Å². The number of pyridine rings is 1. The Balaban J connectivity index is 1.36. The molecule has 0 N–H and O–H groups in total. The van der Waals surface area contributed by atoms with Gasteiger partial charge >= 0.3 is 11.9 Å². The van der Waals surface area contributed by atoms with Gasteiger partial charge in [0.2, 0.25) is 0 Å². The number of thiophene rings is 1. The molecule has 2 aromatic carbocycles. The van der Waals surface area contributed by atoms with Crippen LogP contribution < -0.4 is 0 Å². The lowest BCUT2D eigenvalue weighted by molar-refractivity contribution is -0.0574. The Morgan fingerprint density at radius 2 is 1.61 bits per heavy atom. The molecule has 2 aromatic heterocycles. The second kappa shape index (κ2) is 10.3. The van der Waals surface area contributed by atoms with E-state index in [4.69, 9.17) is 26.4 Å². The second-order valence-corrected chi connectivity index (χ2v) is 10.2. The first-order valence-corrected chi connectivity index (χ1v) is 12.9. The molecule has 0 unspecified atom stereocenters. The summed E-state index contributed by atoms with van der Waals surface area (Å²) >= 11 is 7.29. The third-order valence-electron chi connectivity index (χ3n) is 6.24. The van der Waals surface area contributed by atoms with Gasteiger partial charge < -0.3 is 18.8 Å². The van der Waals surface area contributed by atoms with Gasteiger partial charge in [-0.2, -0.15) is 0 Å². The highest BCUT2D eigenvalue weighted by Crippen LogP contribution is 2.34. The molecule has 36 heavy (non-hydrogen) atoms. The van der Waals surface area contributed by atoms with Crippen molar-refractivity contribution in [2.24, 2.45) is 0 Å². The highest BCUT2D eigenvalue weighted by Gasteiger charge is 2.40. The van der Waals surface area contributed by atoms with E-state index in [1.807, 2.05) is 66.4 Å². The van der Waals surface area contributed by atoms with Gasteiger partial charge in [-0.3, -0.25) is 0 Å². The Bertz CT molecular complexity index is 1460. The van der Waals surface area contributed by atoms with Crippen LogP contribution in [-0.2, 0) is 14.2 Å². The predicted octanol–water partition coefficient (Wildman–Crippen LogP) is 6.42. The number of aromatic nitrogens is 1. The van der Waals surface area contributed by atoms with E-state index in [-0.39, 0.29) is 6.61 Å². The minimum atomic E-state index is -0.639. The summed E-state index contributed by atoms with van der Waals surface area (Å²) in [5, 5.41) is 3.07. The van der Waals surface area contributed by atoms with Gasteiger partial charge in [-0.1, -0.05) is 47.6 Å². The zero-order valence-electron chi connectivity index (χ0n) is 19.9. The molecule has 5 rings (SSSR count). The number of nitrogens with zero attached hydrogens (tertiary/aromatic N) is 1. The molecule has 184 valence electrons. The van der Waals surface area contributed by atoms with Crippen LogP contribution in [0.15, 0.2) is 72.2 Å². The van der Waals surface area contributed by atoms with E-state index >= 15 is 0 Å². The largest absolute Gasteiger partial charge is 0.459 e. The first-order valence-electron chi connectivity index (χ1n) is 11.6. The van der Waals surface area contributed by atoms with Gasteiger partial charge in [0.25, 0.3) is 0 Å². The number of carbonyl (C=O) groups excluding carboxylic acids is 2. The topological polar surface area (TPSA) is 66.8 Å². The standard InChI is InChI=1S/C28H25NO5S2/c1-17-3-7-20(8-4-17)27(30)32-16-23-22(34-28(31)21-9-5-18(2)6-10-21)15-24(33-23)29-13-11-19-12-14-36-25(19)26(29)35/h3-14,22-24H,15-16H2,1-2H3/t22-,23+,24+/m0/s1. The van der Waals surface area contributed by atoms with Crippen LogP contribution in [0.25, 0.3) is 10.1 Å². The third kappa shape index (κ3) is 5.11. The number of hydrogen-bond donors (Lipinski definition) is 0. The highest BCUT2D eigenvalue weighted by molar-refractivity contribution is 7.71. The molecule has 8 heteroatoms. The van der Waals surface area contributed by atoms with Gasteiger partial charge in [0.05, 0.1) is 15.8 Å². The van der Waals surface area contributed by atoms with Gasteiger partial charge in [-0.25, -0.2) is 9.59 Å². The Labute approximate surface area is 218 Å². The van der Waals surface area contributed by atoms with Crippen molar-refractivity contribution < 1.29 is 23.8 Å². The monoisotopic (exact) mass is 519 g/mol. The smallest absolute Gasteiger partial charge is 0.338 e. The van der Waals surface area contributed by atoms with E-state index < -0.39 is 30.4 Å². The number of rotatable bonds is 6. The van der Waals surface area contributed by atoms with E-state index in [1.54, 1.807) is 35.6 Å². The molecular formula is C28H25NO5S2. The van der Waals surface area contributed by atoms with Crippen LogP contribution in [0, 0.1) is 18.5 Å². The molecule has 1 fully saturated rings. The highest BCUT2D eigenvalue weighted by atomic mass is 32.1. The van der Waals surface area contributed by atoms with Gasteiger partial charge in [0.1, 0.15) is 29.7 Å². The molecule has 0 spiro atoms. The van der Waals surface area contributed by atoms with E-state index in [1.165, 1.54) is 0 Å². The fourth-order valence-corrected chi connectivity index (χ4v) is 5.44. The lowest BCUT2D eigenvalue weighted by Crippen LogP contribution is -2.32. The zero-order chi connectivity index (χ0) is 25.2. The van der Waals surface area contributed by atoms with Crippen LogP contribution in [0.1, 0.15) is 44.5 Å². The average Bonchev–Trinajstić information content (AvgIpc) is 3.51.